The van der Waals surface area contributed by atoms with Crippen molar-refractivity contribution in [1.82, 2.24) is 15.3 Å². The van der Waals surface area contributed by atoms with Crippen molar-refractivity contribution in [1.29, 1.82) is 0 Å². The van der Waals surface area contributed by atoms with Gasteiger partial charge in [0.15, 0.2) is 0 Å². The minimum absolute atomic E-state index is 0.866. The maximum atomic E-state index is 5.11. The summed E-state index contributed by atoms with van der Waals surface area (Å²) in [6.45, 7) is 1.78. The van der Waals surface area contributed by atoms with E-state index in [0.717, 1.165) is 31.1 Å². The van der Waals surface area contributed by atoms with Gasteiger partial charge in [-0.3, -0.25) is 0 Å². The highest BCUT2D eigenvalue weighted by Gasteiger charge is 1.96. The molecule has 17 heavy (non-hydrogen) atoms. The van der Waals surface area contributed by atoms with Crippen molar-refractivity contribution < 1.29 is 4.74 Å². The van der Waals surface area contributed by atoms with Crippen LogP contribution in [0.5, 0.6) is 5.75 Å². The zero-order valence-electron chi connectivity index (χ0n) is 9.94. The van der Waals surface area contributed by atoms with E-state index < -0.39 is 0 Å². The lowest BCUT2D eigenvalue weighted by Gasteiger charge is -2.05. The number of ether oxygens (including phenoxy) is 1. The number of nitrogens with one attached hydrogen (secondary N) is 2. The molecule has 0 saturated heterocycles. The second-order valence-electron chi connectivity index (χ2n) is 3.81. The smallest absolute Gasteiger partial charge is 0.118 e. The third kappa shape index (κ3) is 3.60. The van der Waals surface area contributed by atoms with Crippen LogP contribution < -0.4 is 10.1 Å². The molecule has 0 aliphatic heterocycles. The van der Waals surface area contributed by atoms with Crippen molar-refractivity contribution in [2.24, 2.45) is 0 Å². The molecule has 2 rings (SSSR count). The Morgan fingerprint density at radius 2 is 2.12 bits per heavy atom. The van der Waals surface area contributed by atoms with Crippen LogP contribution in [-0.4, -0.2) is 23.6 Å². The summed E-state index contributed by atoms with van der Waals surface area (Å²) in [6.07, 6.45) is 4.54. The van der Waals surface area contributed by atoms with Gasteiger partial charge in [-0.2, -0.15) is 0 Å². The number of aromatic amines is 1. The Hall–Kier alpha value is -1.81. The van der Waals surface area contributed by atoms with Gasteiger partial charge in [-0.25, -0.2) is 4.98 Å². The number of H-pyrrole nitrogens is 1. The minimum Gasteiger partial charge on any atom is -0.497 e. The van der Waals surface area contributed by atoms with Crippen molar-refractivity contribution in [2.75, 3.05) is 13.7 Å². The summed E-state index contributed by atoms with van der Waals surface area (Å²) in [5, 5.41) is 3.38. The largest absolute Gasteiger partial charge is 0.497 e. The highest BCUT2D eigenvalue weighted by molar-refractivity contribution is 5.26. The third-order valence-electron chi connectivity index (χ3n) is 2.58. The van der Waals surface area contributed by atoms with E-state index in [0.29, 0.717) is 0 Å². The topological polar surface area (TPSA) is 49.9 Å². The lowest BCUT2D eigenvalue weighted by atomic mass is 10.2. The molecular formula is C13H17N3O. The normalized spacial score (nSPS) is 10.4. The van der Waals surface area contributed by atoms with Crippen molar-refractivity contribution >= 4 is 0 Å². The third-order valence-corrected chi connectivity index (χ3v) is 2.58. The van der Waals surface area contributed by atoms with Gasteiger partial charge in [0.1, 0.15) is 11.6 Å². The van der Waals surface area contributed by atoms with E-state index in [1.807, 2.05) is 18.3 Å². The Morgan fingerprint density at radius 1 is 1.29 bits per heavy atom. The van der Waals surface area contributed by atoms with E-state index in [-0.39, 0.29) is 0 Å². The fourth-order valence-corrected chi connectivity index (χ4v) is 1.62. The molecule has 0 aliphatic rings. The first kappa shape index (κ1) is 11.7. The summed E-state index contributed by atoms with van der Waals surface area (Å²) in [6, 6.07) is 8.09. The number of methoxy groups -OCH3 is 1. The van der Waals surface area contributed by atoms with Gasteiger partial charge in [0.05, 0.1) is 7.11 Å². The number of benzene rings is 1. The predicted molar refractivity (Wildman–Crippen MR) is 67.0 cm³/mol. The molecular weight excluding hydrogens is 214 g/mol. The quantitative estimate of drug-likeness (QED) is 0.745. The van der Waals surface area contributed by atoms with E-state index in [1.165, 1.54) is 5.56 Å². The molecule has 0 fully saturated rings. The Labute approximate surface area is 101 Å². The summed E-state index contributed by atoms with van der Waals surface area (Å²) in [5.74, 6) is 1.91. The summed E-state index contributed by atoms with van der Waals surface area (Å²) in [7, 11) is 1.68. The summed E-state index contributed by atoms with van der Waals surface area (Å²) in [5.41, 5.74) is 1.25. The molecule has 4 nitrogen and oxygen atoms in total. The van der Waals surface area contributed by atoms with Gasteiger partial charge in [-0.05, 0) is 17.7 Å². The zero-order chi connectivity index (χ0) is 11.9. The van der Waals surface area contributed by atoms with Crippen LogP contribution in [0.2, 0.25) is 0 Å². The van der Waals surface area contributed by atoms with Crippen LogP contribution in [0.4, 0.5) is 0 Å². The Morgan fingerprint density at radius 3 is 2.76 bits per heavy atom. The molecule has 4 heteroatoms. The number of hydrogen-bond donors (Lipinski definition) is 2. The Balaban J connectivity index is 1.70. The fraction of sp³-hybridized carbons (Fsp3) is 0.308. The maximum absolute atomic E-state index is 5.11. The summed E-state index contributed by atoms with van der Waals surface area (Å²) in [4.78, 5) is 7.25. The lowest BCUT2D eigenvalue weighted by Crippen LogP contribution is -2.17. The molecule has 0 saturated carbocycles. The second kappa shape index (κ2) is 6.06. The molecule has 1 aromatic carbocycles. The van der Waals surface area contributed by atoms with Gasteiger partial charge in [0.25, 0.3) is 0 Å². The van der Waals surface area contributed by atoms with Crippen LogP contribution in [0.25, 0.3) is 0 Å². The molecule has 90 valence electrons. The first-order valence-electron chi connectivity index (χ1n) is 5.70. The van der Waals surface area contributed by atoms with E-state index in [4.69, 9.17) is 4.74 Å². The monoisotopic (exact) mass is 231 g/mol. The molecule has 2 N–H and O–H groups in total. The molecule has 0 unspecified atom stereocenters. The average Bonchev–Trinajstić information content (AvgIpc) is 2.88. The second-order valence-corrected chi connectivity index (χ2v) is 3.81. The van der Waals surface area contributed by atoms with E-state index >= 15 is 0 Å². The number of hydrogen-bond acceptors (Lipinski definition) is 3. The standard InChI is InChI=1S/C13H17N3O/c1-17-12-4-2-11(3-5-12)10-14-7-6-13-15-8-9-16-13/h2-5,8-9,14H,6-7,10H2,1H3,(H,15,16). The first-order chi connectivity index (χ1) is 8.38. The van der Waals surface area contributed by atoms with Crippen LogP contribution in [0.15, 0.2) is 36.7 Å². The number of rotatable bonds is 6. The minimum atomic E-state index is 0.866. The number of aromatic nitrogens is 2. The van der Waals surface area contributed by atoms with Crippen LogP contribution in [0.3, 0.4) is 0 Å². The molecule has 1 aromatic heterocycles. The summed E-state index contributed by atoms with van der Waals surface area (Å²) < 4.78 is 5.11. The SMILES string of the molecule is COc1ccc(CNCCc2ncc[nH]2)cc1. The summed E-state index contributed by atoms with van der Waals surface area (Å²) >= 11 is 0. The fourth-order valence-electron chi connectivity index (χ4n) is 1.62. The van der Waals surface area contributed by atoms with Gasteiger partial charge in [-0.1, -0.05) is 12.1 Å². The molecule has 1 heterocycles. The molecule has 0 amide bonds. The molecule has 0 bridgehead atoms. The van der Waals surface area contributed by atoms with Gasteiger partial charge >= 0.3 is 0 Å². The molecule has 0 radical (unpaired) electrons. The lowest BCUT2D eigenvalue weighted by molar-refractivity contribution is 0.414. The van der Waals surface area contributed by atoms with Gasteiger partial charge in [0.2, 0.25) is 0 Å². The highest BCUT2D eigenvalue weighted by Crippen LogP contribution is 2.10. The molecule has 0 atom stereocenters. The Kier molecular flexibility index (Phi) is 4.16. The van der Waals surface area contributed by atoms with E-state index in [2.05, 4.69) is 27.4 Å². The number of imidazole rings is 1. The highest BCUT2D eigenvalue weighted by atomic mass is 16.5. The van der Waals surface area contributed by atoms with E-state index in [1.54, 1.807) is 13.3 Å². The van der Waals surface area contributed by atoms with Gasteiger partial charge in [-0.15, -0.1) is 0 Å². The number of nitrogens with zero attached hydrogens (tertiary/aromatic N) is 1. The molecule has 0 spiro atoms. The average molecular weight is 231 g/mol. The van der Waals surface area contributed by atoms with Crippen LogP contribution in [0.1, 0.15) is 11.4 Å². The molecule has 0 aliphatic carbocycles. The van der Waals surface area contributed by atoms with Crippen LogP contribution in [-0.2, 0) is 13.0 Å². The van der Waals surface area contributed by atoms with Crippen molar-refractivity contribution in [3.8, 4) is 5.75 Å². The van der Waals surface area contributed by atoms with Crippen LogP contribution >= 0.6 is 0 Å². The van der Waals surface area contributed by atoms with Gasteiger partial charge in [0, 0.05) is 31.9 Å². The predicted octanol–water partition coefficient (Wildman–Crippen LogP) is 1.75. The Bertz CT molecular complexity index is 422. The zero-order valence-corrected chi connectivity index (χ0v) is 9.94. The van der Waals surface area contributed by atoms with Crippen LogP contribution in [0, 0.1) is 0 Å². The van der Waals surface area contributed by atoms with Crippen molar-refractivity contribution in [2.45, 2.75) is 13.0 Å². The van der Waals surface area contributed by atoms with Gasteiger partial charge < -0.3 is 15.0 Å². The van der Waals surface area contributed by atoms with Crippen molar-refractivity contribution in [3.63, 3.8) is 0 Å². The maximum Gasteiger partial charge on any atom is 0.118 e. The van der Waals surface area contributed by atoms with E-state index in [9.17, 15) is 0 Å². The molecule has 2 aromatic rings. The van der Waals surface area contributed by atoms with Crippen molar-refractivity contribution in [3.05, 3.63) is 48.0 Å². The first-order valence-corrected chi connectivity index (χ1v) is 5.70.